The highest BCUT2D eigenvalue weighted by Crippen LogP contribution is 2.08. The van der Waals surface area contributed by atoms with Crippen molar-refractivity contribution in [2.24, 2.45) is 0 Å². The minimum absolute atomic E-state index is 0.503. The highest BCUT2D eigenvalue weighted by Gasteiger charge is 1.87. The van der Waals surface area contributed by atoms with Crippen molar-refractivity contribution in [3.05, 3.63) is 34.9 Å². The lowest BCUT2D eigenvalue weighted by Gasteiger charge is -1.92. The van der Waals surface area contributed by atoms with Crippen LogP contribution in [0.5, 0.6) is 0 Å². The number of rotatable bonds is 2. The number of hydrogen-bond donors (Lipinski definition) is 1. The van der Waals surface area contributed by atoms with E-state index in [0.717, 1.165) is 5.56 Å². The molecule has 13 heavy (non-hydrogen) atoms. The van der Waals surface area contributed by atoms with Crippen LogP contribution in [0.3, 0.4) is 0 Å². The van der Waals surface area contributed by atoms with Crippen LogP contribution in [-0.4, -0.2) is 13.7 Å². The first-order valence-corrected chi connectivity index (χ1v) is 4.21. The molecule has 0 heterocycles. The monoisotopic (exact) mass is 195 g/mol. The van der Waals surface area contributed by atoms with Crippen LogP contribution in [0.25, 0.3) is 0 Å². The van der Waals surface area contributed by atoms with Crippen LogP contribution in [0.15, 0.2) is 24.3 Å². The number of halogens is 1. The summed E-state index contributed by atoms with van der Waals surface area (Å²) in [7, 11) is 1.56. The fourth-order valence-electron chi connectivity index (χ4n) is 0.821. The van der Waals surface area contributed by atoms with E-state index >= 15 is 0 Å². The van der Waals surface area contributed by atoms with Crippen molar-refractivity contribution in [1.82, 2.24) is 5.48 Å². The minimum Gasteiger partial charge on any atom is -0.304 e. The zero-order valence-electron chi connectivity index (χ0n) is 7.30. The van der Waals surface area contributed by atoms with Gasteiger partial charge >= 0.3 is 0 Å². The van der Waals surface area contributed by atoms with Gasteiger partial charge in [-0.1, -0.05) is 29.5 Å². The van der Waals surface area contributed by atoms with Crippen molar-refractivity contribution in [3.63, 3.8) is 0 Å². The van der Waals surface area contributed by atoms with Gasteiger partial charge in [-0.05, 0) is 18.2 Å². The molecule has 1 aromatic rings. The van der Waals surface area contributed by atoms with E-state index in [0.29, 0.717) is 11.6 Å². The van der Waals surface area contributed by atoms with Gasteiger partial charge in [-0.15, -0.1) is 0 Å². The molecule has 0 radical (unpaired) electrons. The highest BCUT2D eigenvalue weighted by atomic mass is 35.5. The van der Waals surface area contributed by atoms with Crippen LogP contribution >= 0.6 is 11.6 Å². The number of benzene rings is 1. The molecule has 1 aromatic carbocycles. The van der Waals surface area contributed by atoms with Crippen molar-refractivity contribution in [2.75, 3.05) is 13.7 Å². The second kappa shape index (κ2) is 5.60. The van der Waals surface area contributed by atoms with E-state index in [2.05, 4.69) is 22.2 Å². The summed E-state index contributed by atoms with van der Waals surface area (Å²) in [5.41, 5.74) is 3.53. The lowest BCUT2D eigenvalue weighted by Crippen LogP contribution is -2.10. The first-order chi connectivity index (χ1) is 6.33. The van der Waals surface area contributed by atoms with Crippen molar-refractivity contribution in [3.8, 4) is 11.8 Å². The zero-order valence-corrected chi connectivity index (χ0v) is 8.06. The molecular weight excluding hydrogens is 186 g/mol. The molecular formula is C10H10ClNO. The molecule has 0 aliphatic heterocycles. The van der Waals surface area contributed by atoms with Gasteiger partial charge in [-0.2, -0.15) is 5.48 Å². The molecule has 1 N–H and O–H groups in total. The predicted molar refractivity (Wildman–Crippen MR) is 53.3 cm³/mol. The Morgan fingerprint density at radius 1 is 1.54 bits per heavy atom. The fraction of sp³-hybridized carbons (Fsp3) is 0.200. The van der Waals surface area contributed by atoms with Gasteiger partial charge in [0.25, 0.3) is 0 Å². The standard InChI is InChI=1S/C10H10ClNO/c1-13-12-7-3-5-9-4-2-6-10(11)8-9/h2,4,6,8,12H,7H2,1H3. The zero-order chi connectivity index (χ0) is 9.52. The molecule has 1 rings (SSSR count). The van der Waals surface area contributed by atoms with E-state index < -0.39 is 0 Å². The summed E-state index contributed by atoms with van der Waals surface area (Å²) in [6.45, 7) is 0.503. The Labute approximate surface area is 82.8 Å². The molecule has 0 saturated heterocycles. The Morgan fingerprint density at radius 3 is 3.08 bits per heavy atom. The number of hydroxylamine groups is 1. The molecule has 0 amide bonds. The second-order valence-corrected chi connectivity index (χ2v) is 2.77. The minimum atomic E-state index is 0.503. The van der Waals surface area contributed by atoms with Crippen LogP contribution in [0.4, 0.5) is 0 Å². The van der Waals surface area contributed by atoms with Crippen LogP contribution in [0, 0.1) is 11.8 Å². The van der Waals surface area contributed by atoms with Gasteiger partial charge < -0.3 is 4.84 Å². The number of nitrogens with one attached hydrogen (secondary N) is 1. The topological polar surface area (TPSA) is 21.3 Å². The molecule has 0 aliphatic rings. The third-order valence-electron chi connectivity index (χ3n) is 1.36. The van der Waals surface area contributed by atoms with Crippen LogP contribution in [0.1, 0.15) is 5.56 Å². The lowest BCUT2D eigenvalue weighted by molar-refractivity contribution is 0.103. The van der Waals surface area contributed by atoms with Gasteiger partial charge in [0.2, 0.25) is 0 Å². The first-order valence-electron chi connectivity index (χ1n) is 3.83. The molecule has 3 heteroatoms. The molecule has 2 nitrogen and oxygen atoms in total. The van der Waals surface area contributed by atoms with Gasteiger partial charge in [0.15, 0.2) is 0 Å². The Bertz CT molecular complexity index is 327. The van der Waals surface area contributed by atoms with Gasteiger partial charge in [-0.25, -0.2) is 0 Å². The SMILES string of the molecule is CONCC#Cc1cccc(Cl)c1. The van der Waals surface area contributed by atoms with Crippen LogP contribution in [-0.2, 0) is 4.84 Å². The largest absolute Gasteiger partial charge is 0.304 e. The molecule has 0 saturated carbocycles. The van der Waals surface area contributed by atoms with E-state index in [4.69, 9.17) is 11.6 Å². The van der Waals surface area contributed by atoms with Crippen molar-refractivity contribution < 1.29 is 4.84 Å². The molecule has 0 aliphatic carbocycles. The maximum absolute atomic E-state index is 5.78. The van der Waals surface area contributed by atoms with Gasteiger partial charge in [0, 0.05) is 10.6 Å². The average Bonchev–Trinajstić information content (AvgIpc) is 2.13. The smallest absolute Gasteiger partial charge is 0.0824 e. The lowest BCUT2D eigenvalue weighted by atomic mass is 10.2. The van der Waals surface area contributed by atoms with Crippen molar-refractivity contribution in [1.29, 1.82) is 0 Å². The van der Waals surface area contributed by atoms with E-state index in [9.17, 15) is 0 Å². The Morgan fingerprint density at radius 2 is 2.38 bits per heavy atom. The van der Waals surface area contributed by atoms with E-state index in [-0.39, 0.29) is 0 Å². The summed E-state index contributed by atoms with van der Waals surface area (Å²) >= 11 is 5.78. The maximum atomic E-state index is 5.78. The first kappa shape index (κ1) is 10.1. The van der Waals surface area contributed by atoms with Crippen LogP contribution < -0.4 is 5.48 Å². The van der Waals surface area contributed by atoms with Crippen molar-refractivity contribution >= 4 is 11.6 Å². The predicted octanol–water partition coefficient (Wildman–Crippen LogP) is 1.84. The highest BCUT2D eigenvalue weighted by molar-refractivity contribution is 6.30. The van der Waals surface area contributed by atoms with Gasteiger partial charge in [0.1, 0.15) is 0 Å². The maximum Gasteiger partial charge on any atom is 0.0824 e. The summed E-state index contributed by atoms with van der Waals surface area (Å²) in [5, 5.41) is 0.700. The Hall–Kier alpha value is -1.01. The van der Waals surface area contributed by atoms with E-state index in [1.807, 2.05) is 24.3 Å². The van der Waals surface area contributed by atoms with E-state index in [1.54, 1.807) is 7.11 Å². The fourth-order valence-corrected chi connectivity index (χ4v) is 1.01. The van der Waals surface area contributed by atoms with Crippen molar-refractivity contribution in [2.45, 2.75) is 0 Å². The molecule has 0 unspecified atom stereocenters. The summed E-state index contributed by atoms with van der Waals surface area (Å²) in [6, 6.07) is 7.42. The third-order valence-corrected chi connectivity index (χ3v) is 1.60. The molecule has 0 spiro atoms. The summed E-state index contributed by atoms with van der Waals surface area (Å²) in [6.07, 6.45) is 0. The molecule has 68 valence electrons. The average molecular weight is 196 g/mol. The summed E-state index contributed by atoms with van der Waals surface area (Å²) < 4.78 is 0. The normalized spacial score (nSPS) is 9.08. The van der Waals surface area contributed by atoms with Gasteiger partial charge in [0.05, 0.1) is 13.7 Å². The third kappa shape index (κ3) is 3.95. The molecule has 0 bridgehead atoms. The second-order valence-electron chi connectivity index (χ2n) is 2.34. The van der Waals surface area contributed by atoms with E-state index in [1.165, 1.54) is 0 Å². The van der Waals surface area contributed by atoms with Gasteiger partial charge in [-0.3, -0.25) is 0 Å². The molecule has 0 atom stereocenters. The Kier molecular flexibility index (Phi) is 4.34. The quantitative estimate of drug-likeness (QED) is 0.442. The van der Waals surface area contributed by atoms with Crippen LogP contribution in [0.2, 0.25) is 5.02 Å². The summed E-state index contributed by atoms with van der Waals surface area (Å²) in [5.74, 6) is 5.83. The number of hydrogen-bond acceptors (Lipinski definition) is 2. The summed E-state index contributed by atoms with van der Waals surface area (Å²) in [4.78, 5) is 4.62. The molecule has 0 aromatic heterocycles. The Balaban J connectivity index is 2.56. The molecule has 0 fully saturated rings.